The Morgan fingerprint density at radius 1 is 1.12 bits per heavy atom. The van der Waals surface area contributed by atoms with Gasteiger partial charge in [-0.25, -0.2) is 4.79 Å². The van der Waals surface area contributed by atoms with Gasteiger partial charge < -0.3 is 5.32 Å². The first-order valence-corrected chi connectivity index (χ1v) is 8.84. The summed E-state index contributed by atoms with van der Waals surface area (Å²) in [5.41, 5.74) is 0.758. The molecule has 1 aliphatic rings. The van der Waals surface area contributed by atoms with Gasteiger partial charge in [0.1, 0.15) is 5.54 Å². The standard InChI is InChI=1S/C19H17Cl2N3O2/c1-19(10-9-13-5-3-2-4-6-13)17(25)24(18(26)23-19)22-12-14-7-8-15(20)16(21)11-14/h2-8,11-12H,9-10H2,1H3,(H,23,26)/b22-12-/t19-/m0/s1. The van der Waals surface area contributed by atoms with Crippen molar-refractivity contribution in [3.63, 3.8) is 0 Å². The molecule has 2 aromatic rings. The van der Waals surface area contributed by atoms with Crippen molar-refractivity contribution in [1.82, 2.24) is 10.3 Å². The van der Waals surface area contributed by atoms with Gasteiger partial charge in [0.2, 0.25) is 0 Å². The Morgan fingerprint density at radius 2 is 1.85 bits per heavy atom. The summed E-state index contributed by atoms with van der Waals surface area (Å²) in [6, 6.07) is 14.2. The zero-order valence-corrected chi connectivity index (χ0v) is 15.6. The number of nitrogens with one attached hydrogen (secondary N) is 1. The third-order valence-corrected chi connectivity index (χ3v) is 5.00. The minimum absolute atomic E-state index is 0.375. The topological polar surface area (TPSA) is 61.8 Å². The van der Waals surface area contributed by atoms with Crippen molar-refractivity contribution in [2.45, 2.75) is 25.3 Å². The summed E-state index contributed by atoms with van der Waals surface area (Å²) in [6.45, 7) is 1.71. The van der Waals surface area contributed by atoms with E-state index >= 15 is 0 Å². The molecule has 0 bridgehead atoms. The fourth-order valence-corrected chi connectivity index (χ4v) is 3.01. The number of hydrogen-bond acceptors (Lipinski definition) is 3. The summed E-state index contributed by atoms with van der Waals surface area (Å²) in [7, 11) is 0. The molecule has 3 rings (SSSR count). The predicted octanol–water partition coefficient (Wildman–Crippen LogP) is 4.27. The quantitative estimate of drug-likeness (QED) is 0.612. The number of carbonyl (C=O) groups excluding carboxylic acids is 2. The number of aryl methyl sites for hydroxylation is 1. The maximum atomic E-state index is 12.7. The van der Waals surface area contributed by atoms with Crippen molar-refractivity contribution in [2.75, 3.05) is 0 Å². The molecule has 26 heavy (non-hydrogen) atoms. The molecule has 134 valence electrons. The van der Waals surface area contributed by atoms with Crippen LogP contribution in [0.15, 0.2) is 53.6 Å². The molecule has 1 N–H and O–H groups in total. The second-order valence-electron chi connectivity index (χ2n) is 6.28. The van der Waals surface area contributed by atoms with Crippen LogP contribution < -0.4 is 5.32 Å². The lowest BCUT2D eigenvalue weighted by Gasteiger charge is -2.20. The van der Waals surface area contributed by atoms with Gasteiger partial charge in [-0.1, -0.05) is 59.6 Å². The van der Waals surface area contributed by atoms with Crippen LogP contribution in [0.2, 0.25) is 10.0 Å². The Balaban J connectivity index is 1.71. The van der Waals surface area contributed by atoms with Crippen LogP contribution in [0.4, 0.5) is 4.79 Å². The van der Waals surface area contributed by atoms with E-state index in [1.165, 1.54) is 6.21 Å². The fourth-order valence-electron chi connectivity index (χ4n) is 2.70. The lowest BCUT2D eigenvalue weighted by Crippen LogP contribution is -2.44. The Labute approximate surface area is 161 Å². The van der Waals surface area contributed by atoms with E-state index < -0.39 is 11.6 Å². The van der Waals surface area contributed by atoms with E-state index in [0.717, 1.165) is 10.6 Å². The molecule has 0 saturated carbocycles. The fraction of sp³-hybridized carbons (Fsp3) is 0.211. The Bertz CT molecular complexity index is 870. The van der Waals surface area contributed by atoms with Crippen LogP contribution in [0.5, 0.6) is 0 Å². The molecule has 3 amide bonds. The van der Waals surface area contributed by atoms with Crippen LogP contribution in [0.25, 0.3) is 0 Å². The second kappa shape index (κ2) is 7.48. The minimum atomic E-state index is -0.984. The summed E-state index contributed by atoms with van der Waals surface area (Å²) < 4.78 is 0. The predicted molar refractivity (Wildman–Crippen MR) is 103 cm³/mol. The second-order valence-corrected chi connectivity index (χ2v) is 7.10. The summed E-state index contributed by atoms with van der Waals surface area (Å²) in [5.74, 6) is -0.380. The molecular weight excluding hydrogens is 373 g/mol. The molecule has 1 fully saturated rings. The number of imide groups is 1. The molecule has 1 atom stereocenters. The highest BCUT2D eigenvalue weighted by Gasteiger charge is 2.47. The Kier molecular flexibility index (Phi) is 5.30. The van der Waals surface area contributed by atoms with E-state index in [1.54, 1.807) is 25.1 Å². The molecule has 1 aliphatic heterocycles. The maximum absolute atomic E-state index is 12.7. The molecule has 1 saturated heterocycles. The van der Waals surface area contributed by atoms with Crippen molar-refractivity contribution in [3.8, 4) is 0 Å². The van der Waals surface area contributed by atoms with Crippen molar-refractivity contribution in [3.05, 3.63) is 69.7 Å². The van der Waals surface area contributed by atoms with Crippen molar-refractivity contribution in [2.24, 2.45) is 5.10 Å². The lowest BCUT2D eigenvalue weighted by molar-refractivity contribution is -0.130. The smallest absolute Gasteiger partial charge is 0.322 e. The molecule has 7 heteroatoms. The van der Waals surface area contributed by atoms with E-state index in [0.29, 0.717) is 28.5 Å². The van der Waals surface area contributed by atoms with E-state index in [9.17, 15) is 9.59 Å². The third kappa shape index (κ3) is 3.89. The monoisotopic (exact) mass is 389 g/mol. The number of urea groups is 1. The molecule has 0 aliphatic carbocycles. The zero-order valence-electron chi connectivity index (χ0n) is 14.1. The first-order valence-electron chi connectivity index (χ1n) is 8.09. The number of hydrogen-bond donors (Lipinski definition) is 1. The van der Waals surface area contributed by atoms with Crippen LogP contribution in [-0.2, 0) is 11.2 Å². The van der Waals surface area contributed by atoms with Crippen LogP contribution in [0.1, 0.15) is 24.5 Å². The normalized spacial score (nSPS) is 20.0. The van der Waals surface area contributed by atoms with E-state index in [-0.39, 0.29) is 5.91 Å². The molecule has 0 spiro atoms. The van der Waals surface area contributed by atoms with Gasteiger partial charge >= 0.3 is 6.03 Å². The molecule has 0 radical (unpaired) electrons. The van der Waals surface area contributed by atoms with Crippen LogP contribution in [-0.4, -0.2) is 28.7 Å². The van der Waals surface area contributed by atoms with Crippen LogP contribution in [0, 0.1) is 0 Å². The van der Waals surface area contributed by atoms with Gasteiger partial charge in [-0.2, -0.15) is 5.10 Å². The van der Waals surface area contributed by atoms with Gasteiger partial charge in [-0.05, 0) is 43.0 Å². The number of benzene rings is 2. The van der Waals surface area contributed by atoms with Crippen molar-refractivity contribution in [1.29, 1.82) is 0 Å². The highest BCUT2D eigenvalue weighted by molar-refractivity contribution is 6.42. The summed E-state index contributed by atoms with van der Waals surface area (Å²) in [6.07, 6.45) is 2.57. The molecule has 2 aromatic carbocycles. The maximum Gasteiger partial charge on any atom is 0.346 e. The van der Waals surface area contributed by atoms with E-state index in [4.69, 9.17) is 23.2 Å². The molecular formula is C19H17Cl2N3O2. The number of nitrogens with zero attached hydrogens (tertiary/aromatic N) is 2. The van der Waals surface area contributed by atoms with Gasteiger partial charge in [0, 0.05) is 0 Å². The number of rotatable bonds is 5. The van der Waals surface area contributed by atoms with Crippen LogP contribution >= 0.6 is 23.2 Å². The zero-order chi connectivity index (χ0) is 18.7. The number of hydrazone groups is 1. The number of halogens is 2. The van der Waals surface area contributed by atoms with Crippen molar-refractivity contribution >= 4 is 41.4 Å². The highest BCUT2D eigenvalue weighted by Crippen LogP contribution is 2.24. The van der Waals surface area contributed by atoms with Gasteiger partial charge in [0.05, 0.1) is 16.3 Å². The van der Waals surface area contributed by atoms with Gasteiger partial charge in [0.25, 0.3) is 5.91 Å². The summed E-state index contributed by atoms with van der Waals surface area (Å²) in [4.78, 5) is 24.9. The van der Waals surface area contributed by atoms with Gasteiger partial charge in [0.15, 0.2) is 0 Å². The summed E-state index contributed by atoms with van der Waals surface area (Å²) >= 11 is 11.8. The number of carbonyl (C=O) groups is 2. The van der Waals surface area contributed by atoms with E-state index in [1.807, 2.05) is 30.3 Å². The van der Waals surface area contributed by atoms with E-state index in [2.05, 4.69) is 10.4 Å². The molecule has 0 unspecified atom stereocenters. The summed E-state index contributed by atoms with van der Waals surface area (Å²) in [5, 5.41) is 8.41. The first kappa shape index (κ1) is 18.4. The molecule has 5 nitrogen and oxygen atoms in total. The Morgan fingerprint density at radius 3 is 2.54 bits per heavy atom. The SMILES string of the molecule is C[C@@]1(CCc2ccccc2)NC(=O)N(/N=C\c2ccc(Cl)c(Cl)c2)C1=O. The van der Waals surface area contributed by atoms with Gasteiger partial charge in [-0.15, -0.1) is 5.01 Å². The average Bonchev–Trinajstić information content (AvgIpc) is 2.84. The Hall–Kier alpha value is -2.37. The molecule has 1 heterocycles. The molecule has 0 aromatic heterocycles. The van der Waals surface area contributed by atoms with Gasteiger partial charge in [-0.3, -0.25) is 4.79 Å². The highest BCUT2D eigenvalue weighted by atomic mass is 35.5. The average molecular weight is 390 g/mol. The largest absolute Gasteiger partial charge is 0.346 e. The minimum Gasteiger partial charge on any atom is -0.322 e. The first-order chi connectivity index (χ1) is 12.4. The third-order valence-electron chi connectivity index (χ3n) is 4.26. The lowest BCUT2D eigenvalue weighted by atomic mass is 9.93. The number of amides is 3. The van der Waals surface area contributed by atoms with Crippen LogP contribution in [0.3, 0.4) is 0 Å². The van der Waals surface area contributed by atoms with Crippen molar-refractivity contribution < 1.29 is 9.59 Å².